The van der Waals surface area contributed by atoms with Crippen LogP contribution in [0.15, 0.2) is 42.6 Å². The number of aliphatic hydroxyl groups is 1. The number of ether oxygens (including phenoxy) is 2. The Morgan fingerprint density at radius 1 is 1.15 bits per heavy atom. The number of hydrogen-bond donors (Lipinski definition) is 2. The minimum absolute atomic E-state index is 0.533. The smallest absolute Gasteiger partial charge is 0.161 e. The van der Waals surface area contributed by atoms with Crippen LogP contribution in [0.25, 0.3) is 0 Å². The molecule has 2 aliphatic heterocycles. The average Bonchev–Trinajstić information content (AvgIpc) is 3.23. The summed E-state index contributed by atoms with van der Waals surface area (Å²) in [5.41, 5.74) is 0.351. The molecule has 7 nitrogen and oxygen atoms in total. The molecule has 0 amide bonds. The fourth-order valence-corrected chi connectivity index (χ4v) is 4.69. The molecular weight excluding hydrogens is 416 g/mol. The van der Waals surface area contributed by atoms with Gasteiger partial charge in [0.2, 0.25) is 0 Å². The topological polar surface area (TPSA) is 70.1 Å². The third kappa shape index (κ3) is 6.59. The van der Waals surface area contributed by atoms with Crippen LogP contribution in [0.3, 0.4) is 0 Å². The van der Waals surface area contributed by atoms with Crippen molar-refractivity contribution in [1.82, 2.24) is 15.2 Å². The number of pyridine rings is 1. The Kier molecular flexibility index (Phi) is 8.06. The first kappa shape index (κ1) is 23.8. The van der Waals surface area contributed by atoms with Gasteiger partial charge in [0.1, 0.15) is 12.4 Å². The van der Waals surface area contributed by atoms with Crippen LogP contribution < -0.4 is 19.7 Å². The molecule has 0 saturated carbocycles. The van der Waals surface area contributed by atoms with Crippen molar-refractivity contribution < 1.29 is 14.6 Å². The van der Waals surface area contributed by atoms with Gasteiger partial charge >= 0.3 is 0 Å². The summed E-state index contributed by atoms with van der Waals surface area (Å²) in [5.74, 6) is 3.30. The second-order valence-electron chi connectivity index (χ2n) is 9.55. The van der Waals surface area contributed by atoms with Gasteiger partial charge in [-0.05, 0) is 68.1 Å². The number of piperidine rings is 1. The van der Waals surface area contributed by atoms with E-state index in [1.54, 1.807) is 13.3 Å². The maximum atomic E-state index is 11.0. The van der Waals surface area contributed by atoms with E-state index in [0.717, 1.165) is 61.4 Å². The molecule has 3 heterocycles. The number of aromatic nitrogens is 1. The second-order valence-corrected chi connectivity index (χ2v) is 9.55. The molecule has 0 spiro atoms. The summed E-state index contributed by atoms with van der Waals surface area (Å²) in [6.07, 6.45) is 5.07. The molecule has 0 aliphatic carbocycles. The second kappa shape index (κ2) is 11.2. The average molecular weight is 455 g/mol. The monoisotopic (exact) mass is 454 g/mol. The molecular formula is C26H38N4O3. The molecule has 0 radical (unpaired) electrons. The number of methoxy groups -OCH3 is 1. The Morgan fingerprint density at radius 2 is 2.00 bits per heavy atom. The molecule has 180 valence electrons. The maximum absolute atomic E-state index is 11.0. The van der Waals surface area contributed by atoms with Gasteiger partial charge < -0.3 is 24.8 Å². The molecule has 2 fully saturated rings. The van der Waals surface area contributed by atoms with Gasteiger partial charge in [0.25, 0.3) is 0 Å². The van der Waals surface area contributed by atoms with Crippen LogP contribution in [0.1, 0.15) is 31.7 Å². The minimum Gasteiger partial charge on any atom is -0.493 e. The van der Waals surface area contributed by atoms with Crippen molar-refractivity contribution in [3.63, 3.8) is 0 Å². The molecule has 1 aromatic heterocycles. The van der Waals surface area contributed by atoms with Crippen LogP contribution in [0.4, 0.5) is 5.82 Å². The number of benzene rings is 1. The first-order valence-corrected chi connectivity index (χ1v) is 12.2. The van der Waals surface area contributed by atoms with Gasteiger partial charge in [-0.2, -0.15) is 0 Å². The number of likely N-dealkylation sites (tertiary alicyclic amines) is 1. The van der Waals surface area contributed by atoms with Gasteiger partial charge in [-0.25, -0.2) is 4.98 Å². The molecule has 33 heavy (non-hydrogen) atoms. The van der Waals surface area contributed by atoms with Crippen molar-refractivity contribution in [2.45, 2.75) is 38.3 Å². The molecule has 1 aromatic carbocycles. The number of rotatable bonds is 10. The predicted molar refractivity (Wildman–Crippen MR) is 131 cm³/mol. The van der Waals surface area contributed by atoms with E-state index in [0.29, 0.717) is 26.2 Å². The van der Waals surface area contributed by atoms with E-state index in [-0.39, 0.29) is 0 Å². The fourth-order valence-electron chi connectivity index (χ4n) is 4.69. The predicted octanol–water partition coefficient (Wildman–Crippen LogP) is 2.93. The molecule has 2 saturated heterocycles. The Balaban J connectivity index is 1.22. The molecule has 0 bridgehead atoms. The highest BCUT2D eigenvalue weighted by molar-refractivity contribution is 5.43. The highest BCUT2D eigenvalue weighted by atomic mass is 16.5. The minimum atomic E-state index is -0.753. The van der Waals surface area contributed by atoms with Crippen molar-refractivity contribution >= 4 is 5.82 Å². The van der Waals surface area contributed by atoms with Crippen molar-refractivity contribution in [3.05, 3.63) is 48.2 Å². The van der Waals surface area contributed by atoms with Gasteiger partial charge in [-0.3, -0.25) is 4.90 Å². The third-order valence-corrected chi connectivity index (χ3v) is 6.86. The highest BCUT2D eigenvalue weighted by Gasteiger charge is 2.36. The zero-order valence-electron chi connectivity index (χ0n) is 20.0. The van der Waals surface area contributed by atoms with E-state index in [1.165, 1.54) is 12.8 Å². The highest BCUT2D eigenvalue weighted by Crippen LogP contribution is 2.29. The van der Waals surface area contributed by atoms with Gasteiger partial charge in [-0.1, -0.05) is 19.1 Å². The molecule has 2 aliphatic rings. The van der Waals surface area contributed by atoms with E-state index in [4.69, 9.17) is 9.47 Å². The Bertz CT molecular complexity index is 873. The lowest BCUT2D eigenvalue weighted by molar-refractivity contribution is 0.0626. The van der Waals surface area contributed by atoms with Crippen molar-refractivity contribution in [2.24, 2.45) is 5.92 Å². The summed E-state index contributed by atoms with van der Waals surface area (Å²) in [6.45, 7) is 8.88. The molecule has 2 aromatic rings. The summed E-state index contributed by atoms with van der Waals surface area (Å²) < 4.78 is 11.6. The van der Waals surface area contributed by atoms with E-state index in [1.807, 2.05) is 30.3 Å². The lowest BCUT2D eigenvalue weighted by Crippen LogP contribution is -2.43. The SMILES string of the molecule is COc1cc(CNC[C@@]2(O)CCN(c3ccccn3)C2)ccc1OCCN1CCC(C)CC1. The largest absolute Gasteiger partial charge is 0.493 e. The zero-order chi connectivity index (χ0) is 23.1. The van der Waals surface area contributed by atoms with Crippen LogP contribution in [0.5, 0.6) is 11.5 Å². The van der Waals surface area contributed by atoms with Crippen molar-refractivity contribution in [2.75, 3.05) is 57.9 Å². The van der Waals surface area contributed by atoms with E-state index in [9.17, 15) is 5.11 Å². The fraction of sp³-hybridized carbons (Fsp3) is 0.577. The summed E-state index contributed by atoms with van der Waals surface area (Å²) in [4.78, 5) is 9.02. The van der Waals surface area contributed by atoms with Crippen molar-refractivity contribution in [1.29, 1.82) is 0 Å². The summed E-state index contributed by atoms with van der Waals surface area (Å²) in [5, 5.41) is 14.4. The van der Waals surface area contributed by atoms with Crippen LogP contribution >= 0.6 is 0 Å². The van der Waals surface area contributed by atoms with Gasteiger partial charge in [0.15, 0.2) is 11.5 Å². The van der Waals surface area contributed by atoms with Crippen LogP contribution in [-0.2, 0) is 6.54 Å². The lowest BCUT2D eigenvalue weighted by atomic mass is 9.99. The Labute approximate surface area is 197 Å². The van der Waals surface area contributed by atoms with E-state index >= 15 is 0 Å². The molecule has 0 unspecified atom stereocenters. The number of β-amino-alcohol motifs (C(OH)–C–C–N with tert-alkyl or cyclic N) is 1. The van der Waals surface area contributed by atoms with Crippen molar-refractivity contribution in [3.8, 4) is 11.5 Å². The van der Waals surface area contributed by atoms with E-state index < -0.39 is 5.60 Å². The Morgan fingerprint density at radius 3 is 2.76 bits per heavy atom. The number of hydrogen-bond acceptors (Lipinski definition) is 7. The van der Waals surface area contributed by atoms with Gasteiger partial charge in [-0.15, -0.1) is 0 Å². The number of anilines is 1. The quantitative estimate of drug-likeness (QED) is 0.572. The molecule has 2 N–H and O–H groups in total. The molecule has 4 rings (SSSR count). The normalized spacial score (nSPS) is 22.0. The standard InChI is InChI=1S/C26H38N4O3/c1-21-8-12-29(13-9-21)15-16-33-23-7-6-22(17-24(23)32-2)18-27-19-26(31)10-14-30(20-26)25-5-3-4-11-28-25/h3-7,11,17,21,27,31H,8-10,12-16,18-20H2,1-2H3/t26-/m0/s1. The number of nitrogens with zero attached hydrogens (tertiary/aromatic N) is 3. The first-order valence-electron chi connectivity index (χ1n) is 12.2. The van der Waals surface area contributed by atoms with Gasteiger partial charge in [0, 0.05) is 38.9 Å². The molecule has 1 atom stereocenters. The zero-order valence-corrected chi connectivity index (χ0v) is 20.0. The summed E-state index contributed by atoms with van der Waals surface area (Å²) >= 11 is 0. The van der Waals surface area contributed by atoms with Crippen LogP contribution in [0, 0.1) is 5.92 Å². The van der Waals surface area contributed by atoms with Crippen LogP contribution in [-0.4, -0.2) is 73.6 Å². The maximum Gasteiger partial charge on any atom is 0.161 e. The third-order valence-electron chi connectivity index (χ3n) is 6.86. The summed E-state index contributed by atoms with van der Waals surface area (Å²) in [6, 6.07) is 11.9. The van der Waals surface area contributed by atoms with Gasteiger partial charge in [0.05, 0.1) is 12.7 Å². The number of nitrogens with one attached hydrogen (secondary N) is 1. The van der Waals surface area contributed by atoms with Crippen LogP contribution in [0.2, 0.25) is 0 Å². The Hall–Kier alpha value is -2.35. The summed E-state index contributed by atoms with van der Waals surface area (Å²) in [7, 11) is 1.68. The lowest BCUT2D eigenvalue weighted by Gasteiger charge is -2.30. The molecule has 7 heteroatoms. The first-order chi connectivity index (χ1) is 16.0. The van der Waals surface area contributed by atoms with E-state index in [2.05, 4.69) is 33.1 Å².